The topological polar surface area (TPSA) is 37.3 Å². The lowest BCUT2D eigenvalue weighted by atomic mass is 9.93. The second kappa shape index (κ2) is 6.09. The molecule has 0 aliphatic rings. The molecule has 0 spiro atoms. The van der Waals surface area contributed by atoms with Crippen LogP contribution in [0.2, 0.25) is 5.02 Å². The fourth-order valence-electron chi connectivity index (χ4n) is 1.68. The standard InChI is InChI=1S/C12H12ClF3O2/c13-10-6-2-1-4-8(10)9(11(17)18)5-3-7-12(14,15)16/h1-2,4,6,9H,3,5,7H2,(H,17,18). The number of aliphatic carboxylic acids is 1. The minimum Gasteiger partial charge on any atom is -0.481 e. The van der Waals surface area contributed by atoms with Gasteiger partial charge in [0, 0.05) is 11.4 Å². The minimum atomic E-state index is -4.26. The first-order valence-corrected chi connectivity index (χ1v) is 5.73. The molecule has 1 rings (SSSR count). The van der Waals surface area contributed by atoms with Gasteiger partial charge in [0.1, 0.15) is 0 Å². The molecule has 0 aliphatic heterocycles. The van der Waals surface area contributed by atoms with Gasteiger partial charge in [0.2, 0.25) is 0 Å². The summed E-state index contributed by atoms with van der Waals surface area (Å²) in [6, 6.07) is 6.30. The summed E-state index contributed by atoms with van der Waals surface area (Å²) in [5, 5.41) is 9.30. The number of halogens is 4. The van der Waals surface area contributed by atoms with Crippen molar-refractivity contribution in [3.8, 4) is 0 Å². The van der Waals surface area contributed by atoms with E-state index in [-0.39, 0.29) is 17.9 Å². The van der Waals surface area contributed by atoms with Gasteiger partial charge in [-0.3, -0.25) is 4.79 Å². The number of hydrogen-bond donors (Lipinski definition) is 1. The molecule has 0 heterocycles. The number of carbonyl (C=O) groups is 1. The van der Waals surface area contributed by atoms with Gasteiger partial charge in [-0.05, 0) is 24.5 Å². The largest absolute Gasteiger partial charge is 0.481 e. The minimum absolute atomic E-state index is 0.0847. The Hall–Kier alpha value is -1.23. The molecule has 0 aromatic heterocycles. The van der Waals surface area contributed by atoms with Crippen molar-refractivity contribution in [1.82, 2.24) is 0 Å². The van der Waals surface area contributed by atoms with Crippen LogP contribution >= 0.6 is 11.6 Å². The fraction of sp³-hybridized carbons (Fsp3) is 0.417. The molecule has 0 radical (unpaired) electrons. The van der Waals surface area contributed by atoms with Gasteiger partial charge in [-0.15, -0.1) is 0 Å². The zero-order chi connectivity index (χ0) is 13.8. The summed E-state index contributed by atoms with van der Waals surface area (Å²) in [4.78, 5) is 11.1. The zero-order valence-electron chi connectivity index (χ0n) is 9.38. The third-order valence-corrected chi connectivity index (χ3v) is 2.88. The second-order valence-electron chi connectivity index (χ2n) is 3.92. The van der Waals surface area contributed by atoms with E-state index in [1.54, 1.807) is 12.1 Å². The van der Waals surface area contributed by atoms with E-state index >= 15 is 0 Å². The predicted molar refractivity (Wildman–Crippen MR) is 61.7 cm³/mol. The molecule has 0 amide bonds. The van der Waals surface area contributed by atoms with Crippen molar-refractivity contribution in [3.63, 3.8) is 0 Å². The SMILES string of the molecule is O=C(O)C(CCCC(F)(F)F)c1ccccc1Cl. The summed E-state index contributed by atoms with van der Waals surface area (Å²) in [5.41, 5.74) is 0.355. The van der Waals surface area contributed by atoms with Crippen LogP contribution in [0.3, 0.4) is 0 Å². The van der Waals surface area contributed by atoms with Crippen molar-refractivity contribution in [1.29, 1.82) is 0 Å². The monoisotopic (exact) mass is 280 g/mol. The molecule has 1 N–H and O–H groups in total. The van der Waals surface area contributed by atoms with Crippen molar-refractivity contribution in [2.75, 3.05) is 0 Å². The molecule has 6 heteroatoms. The Labute approximate surface area is 107 Å². The average molecular weight is 281 g/mol. The molecule has 1 unspecified atom stereocenters. The van der Waals surface area contributed by atoms with E-state index in [9.17, 15) is 18.0 Å². The molecule has 100 valence electrons. The molecule has 1 aromatic carbocycles. The van der Waals surface area contributed by atoms with E-state index in [1.165, 1.54) is 12.1 Å². The van der Waals surface area contributed by atoms with Crippen molar-refractivity contribution in [3.05, 3.63) is 34.9 Å². The Bertz CT molecular complexity index is 418. The van der Waals surface area contributed by atoms with Crippen molar-refractivity contribution in [2.45, 2.75) is 31.4 Å². The summed E-state index contributed by atoms with van der Waals surface area (Å²) < 4.78 is 36.0. The average Bonchev–Trinajstić information content (AvgIpc) is 2.24. The molecule has 0 bridgehead atoms. The van der Waals surface area contributed by atoms with Crippen LogP contribution in [-0.2, 0) is 4.79 Å². The van der Waals surface area contributed by atoms with Gasteiger partial charge in [-0.25, -0.2) is 0 Å². The molecule has 0 saturated carbocycles. The van der Waals surface area contributed by atoms with Crippen molar-refractivity contribution >= 4 is 17.6 Å². The third kappa shape index (κ3) is 4.56. The van der Waals surface area contributed by atoms with Gasteiger partial charge in [0.05, 0.1) is 5.92 Å². The van der Waals surface area contributed by atoms with E-state index in [0.717, 1.165) is 0 Å². The van der Waals surface area contributed by atoms with Gasteiger partial charge >= 0.3 is 12.1 Å². The number of carboxylic acids is 1. The third-order valence-electron chi connectivity index (χ3n) is 2.53. The number of hydrogen-bond acceptors (Lipinski definition) is 1. The second-order valence-corrected chi connectivity index (χ2v) is 4.33. The quantitative estimate of drug-likeness (QED) is 0.876. The number of carboxylic acid groups (broad SMARTS) is 1. The van der Waals surface area contributed by atoms with Crippen LogP contribution < -0.4 is 0 Å². The highest BCUT2D eigenvalue weighted by molar-refractivity contribution is 6.31. The van der Waals surface area contributed by atoms with Crippen molar-refractivity contribution in [2.24, 2.45) is 0 Å². The van der Waals surface area contributed by atoms with E-state index in [0.29, 0.717) is 5.56 Å². The summed E-state index contributed by atoms with van der Waals surface area (Å²) in [5.74, 6) is -2.16. The van der Waals surface area contributed by atoms with Crippen LogP contribution in [0.15, 0.2) is 24.3 Å². The molecular weight excluding hydrogens is 269 g/mol. The van der Waals surface area contributed by atoms with E-state index in [4.69, 9.17) is 16.7 Å². The molecule has 0 saturated heterocycles. The van der Waals surface area contributed by atoms with Crippen LogP contribution in [-0.4, -0.2) is 17.3 Å². The summed E-state index contributed by atoms with van der Waals surface area (Å²) >= 11 is 5.85. The maximum Gasteiger partial charge on any atom is 0.389 e. The summed E-state index contributed by atoms with van der Waals surface area (Å²) in [6.45, 7) is 0. The highest BCUT2D eigenvalue weighted by atomic mass is 35.5. The lowest BCUT2D eigenvalue weighted by molar-refractivity contribution is -0.142. The molecular formula is C12H12ClF3O2. The van der Waals surface area contributed by atoms with Gasteiger partial charge in [-0.1, -0.05) is 29.8 Å². The van der Waals surface area contributed by atoms with Gasteiger partial charge in [-0.2, -0.15) is 13.2 Å². The summed E-state index contributed by atoms with van der Waals surface area (Å²) in [7, 11) is 0. The van der Waals surface area contributed by atoms with E-state index < -0.39 is 24.5 Å². The zero-order valence-corrected chi connectivity index (χ0v) is 10.1. The Morgan fingerprint density at radius 3 is 2.44 bits per heavy atom. The van der Waals surface area contributed by atoms with Crippen LogP contribution in [0.4, 0.5) is 13.2 Å². The highest BCUT2D eigenvalue weighted by Gasteiger charge is 2.28. The van der Waals surface area contributed by atoms with E-state index in [2.05, 4.69) is 0 Å². The first kappa shape index (κ1) is 14.8. The first-order chi connectivity index (χ1) is 8.31. The lowest BCUT2D eigenvalue weighted by Crippen LogP contribution is -2.14. The maximum atomic E-state index is 12.0. The fourth-order valence-corrected chi connectivity index (χ4v) is 1.94. The normalized spacial score (nSPS) is 13.3. The molecule has 0 aliphatic carbocycles. The Kier molecular flexibility index (Phi) is 5.02. The lowest BCUT2D eigenvalue weighted by Gasteiger charge is -2.14. The van der Waals surface area contributed by atoms with Gasteiger partial charge in [0.25, 0.3) is 0 Å². The molecule has 0 fully saturated rings. The number of alkyl halides is 3. The van der Waals surface area contributed by atoms with Crippen LogP contribution in [0.25, 0.3) is 0 Å². The van der Waals surface area contributed by atoms with Crippen molar-refractivity contribution < 1.29 is 23.1 Å². The molecule has 1 atom stereocenters. The highest BCUT2D eigenvalue weighted by Crippen LogP contribution is 2.31. The predicted octanol–water partition coefficient (Wildman–Crippen LogP) is 4.24. The smallest absolute Gasteiger partial charge is 0.389 e. The summed E-state index contributed by atoms with van der Waals surface area (Å²) in [6.07, 6.45) is -5.56. The van der Waals surface area contributed by atoms with Gasteiger partial charge in [0.15, 0.2) is 0 Å². The van der Waals surface area contributed by atoms with Crippen LogP contribution in [0.1, 0.15) is 30.7 Å². The molecule has 18 heavy (non-hydrogen) atoms. The Balaban J connectivity index is 2.73. The van der Waals surface area contributed by atoms with E-state index in [1.807, 2.05) is 0 Å². The van der Waals surface area contributed by atoms with Crippen LogP contribution in [0, 0.1) is 0 Å². The Morgan fingerprint density at radius 1 is 1.33 bits per heavy atom. The Morgan fingerprint density at radius 2 is 1.94 bits per heavy atom. The number of rotatable bonds is 5. The molecule has 2 nitrogen and oxygen atoms in total. The van der Waals surface area contributed by atoms with Crippen LogP contribution in [0.5, 0.6) is 0 Å². The van der Waals surface area contributed by atoms with Gasteiger partial charge < -0.3 is 5.11 Å². The first-order valence-electron chi connectivity index (χ1n) is 5.35. The number of benzene rings is 1. The maximum absolute atomic E-state index is 12.0. The molecule has 1 aromatic rings.